The minimum absolute atomic E-state index is 0.0207. The standard InChI is InChI=1S/C24H23FN2O2/c1-2-29-23-6-4-3-5-18(23)7-10-24(28)27-13-11-17(12-14-27)21-16-26-22-15-19(25)8-9-20(21)22/h3-11,15-16,26H,2,12-14H2,1H3/b10-7+. The molecule has 0 spiro atoms. The summed E-state index contributed by atoms with van der Waals surface area (Å²) in [6, 6.07) is 12.5. The quantitative estimate of drug-likeness (QED) is 0.621. The fraction of sp³-hybridized carbons (Fsp3) is 0.208. The average Bonchev–Trinajstić information content (AvgIpc) is 3.16. The van der Waals surface area contributed by atoms with Gasteiger partial charge in [0.2, 0.25) is 5.91 Å². The van der Waals surface area contributed by atoms with Crippen LogP contribution in [0.25, 0.3) is 22.6 Å². The number of hydrogen-bond acceptors (Lipinski definition) is 2. The van der Waals surface area contributed by atoms with Gasteiger partial charge >= 0.3 is 0 Å². The molecule has 1 aliphatic rings. The van der Waals surface area contributed by atoms with E-state index in [0.29, 0.717) is 19.7 Å². The molecule has 1 aliphatic heterocycles. The molecule has 2 heterocycles. The van der Waals surface area contributed by atoms with Crippen molar-refractivity contribution in [3.63, 3.8) is 0 Å². The van der Waals surface area contributed by atoms with Crippen LogP contribution in [-0.4, -0.2) is 35.5 Å². The number of H-pyrrole nitrogens is 1. The topological polar surface area (TPSA) is 45.3 Å². The molecular formula is C24H23FN2O2. The number of ether oxygens (including phenoxy) is 1. The number of halogens is 1. The molecule has 0 atom stereocenters. The molecule has 0 radical (unpaired) electrons. The minimum atomic E-state index is -0.252. The number of nitrogens with one attached hydrogen (secondary N) is 1. The number of aromatic nitrogens is 1. The third-order valence-corrected chi connectivity index (χ3v) is 5.13. The van der Waals surface area contributed by atoms with E-state index in [1.54, 1.807) is 18.2 Å². The maximum Gasteiger partial charge on any atom is 0.246 e. The summed E-state index contributed by atoms with van der Waals surface area (Å²) in [6.45, 7) is 3.72. The van der Waals surface area contributed by atoms with Crippen LogP contribution in [0.4, 0.5) is 4.39 Å². The van der Waals surface area contributed by atoms with Crippen molar-refractivity contribution in [3.8, 4) is 5.75 Å². The Labute approximate surface area is 169 Å². The van der Waals surface area contributed by atoms with Crippen molar-refractivity contribution in [3.05, 3.63) is 77.8 Å². The lowest BCUT2D eigenvalue weighted by Crippen LogP contribution is -2.33. The number of amides is 1. The number of benzene rings is 2. The van der Waals surface area contributed by atoms with Crippen molar-refractivity contribution in [1.82, 2.24) is 9.88 Å². The first-order chi connectivity index (χ1) is 14.2. The van der Waals surface area contributed by atoms with Crippen LogP contribution in [0.3, 0.4) is 0 Å². The van der Waals surface area contributed by atoms with Gasteiger partial charge in [0, 0.05) is 47.4 Å². The molecule has 1 aromatic heterocycles. The smallest absolute Gasteiger partial charge is 0.246 e. The van der Waals surface area contributed by atoms with Crippen molar-refractivity contribution in [2.24, 2.45) is 0 Å². The highest BCUT2D eigenvalue weighted by Crippen LogP contribution is 2.29. The van der Waals surface area contributed by atoms with E-state index in [0.717, 1.165) is 34.2 Å². The van der Waals surface area contributed by atoms with Crippen molar-refractivity contribution in [1.29, 1.82) is 0 Å². The Morgan fingerprint density at radius 2 is 2.14 bits per heavy atom. The molecule has 29 heavy (non-hydrogen) atoms. The van der Waals surface area contributed by atoms with E-state index in [9.17, 15) is 9.18 Å². The third kappa shape index (κ3) is 4.09. The van der Waals surface area contributed by atoms with Gasteiger partial charge in [-0.1, -0.05) is 24.3 Å². The number of fused-ring (bicyclic) bond motifs is 1. The van der Waals surface area contributed by atoms with Crippen molar-refractivity contribution in [2.45, 2.75) is 13.3 Å². The lowest BCUT2D eigenvalue weighted by molar-refractivity contribution is -0.125. The summed E-state index contributed by atoms with van der Waals surface area (Å²) < 4.78 is 19.0. The summed E-state index contributed by atoms with van der Waals surface area (Å²) in [6.07, 6.45) is 8.17. The van der Waals surface area contributed by atoms with E-state index in [2.05, 4.69) is 11.1 Å². The fourth-order valence-corrected chi connectivity index (χ4v) is 3.65. The third-order valence-electron chi connectivity index (χ3n) is 5.13. The summed E-state index contributed by atoms with van der Waals surface area (Å²) in [5.41, 5.74) is 3.93. The van der Waals surface area contributed by atoms with Crippen LogP contribution in [0.2, 0.25) is 0 Å². The fourth-order valence-electron chi connectivity index (χ4n) is 3.65. The zero-order valence-electron chi connectivity index (χ0n) is 16.3. The highest BCUT2D eigenvalue weighted by molar-refractivity contribution is 5.95. The van der Waals surface area contributed by atoms with E-state index in [4.69, 9.17) is 4.74 Å². The summed E-state index contributed by atoms with van der Waals surface area (Å²) in [5, 5.41) is 1.00. The van der Waals surface area contributed by atoms with Crippen LogP contribution < -0.4 is 4.74 Å². The second-order valence-corrected chi connectivity index (χ2v) is 6.96. The predicted molar refractivity (Wildman–Crippen MR) is 114 cm³/mol. The molecule has 1 N–H and O–H groups in total. The molecule has 0 saturated carbocycles. The molecule has 5 heteroatoms. The molecule has 1 amide bonds. The number of carbonyl (C=O) groups is 1. The Hall–Kier alpha value is -3.34. The molecule has 0 fully saturated rings. The molecule has 0 bridgehead atoms. The van der Waals surface area contributed by atoms with Crippen LogP contribution in [-0.2, 0) is 4.79 Å². The van der Waals surface area contributed by atoms with Gasteiger partial charge in [-0.05, 0) is 49.3 Å². The van der Waals surface area contributed by atoms with Crippen molar-refractivity contribution < 1.29 is 13.9 Å². The highest BCUT2D eigenvalue weighted by atomic mass is 19.1. The molecule has 148 valence electrons. The van der Waals surface area contributed by atoms with Gasteiger partial charge in [0.1, 0.15) is 11.6 Å². The first-order valence-electron chi connectivity index (χ1n) is 9.80. The van der Waals surface area contributed by atoms with E-state index in [1.165, 1.54) is 17.7 Å². The largest absolute Gasteiger partial charge is 0.493 e. The molecule has 4 rings (SSSR count). The van der Waals surface area contributed by atoms with Gasteiger partial charge in [-0.2, -0.15) is 0 Å². The number of hydrogen-bond donors (Lipinski definition) is 1. The zero-order valence-corrected chi connectivity index (χ0v) is 16.3. The second-order valence-electron chi connectivity index (χ2n) is 6.96. The highest BCUT2D eigenvalue weighted by Gasteiger charge is 2.18. The summed E-state index contributed by atoms with van der Waals surface area (Å²) >= 11 is 0. The van der Waals surface area contributed by atoms with Gasteiger partial charge in [0.15, 0.2) is 0 Å². The summed E-state index contributed by atoms with van der Waals surface area (Å²) in [4.78, 5) is 17.6. The Morgan fingerprint density at radius 3 is 2.93 bits per heavy atom. The Kier molecular flexibility index (Phi) is 5.47. The lowest BCUT2D eigenvalue weighted by Gasteiger charge is -2.25. The van der Waals surface area contributed by atoms with Gasteiger partial charge in [-0.3, -0.25) is 4.79 Å². The van der Waals surface area contributed by atoms with Crippen LogP contribution in [0.1, 0.15) is 24.5 Å². The number of nitrogens with zero attached hydrogens (tertiary/aromatic N) is 1. The van der Waals surface area contributed by atoms with Crippen LogP contribution in [0, 0.1) is 5.82 Å². The maximum atomic E-state index is 13.4. The van der Waals surface area contributed by atoms with Crippen LogP contribution in [0.5, 0.6) is 5.75 Å². The Morgan fingerprint density at radius 1 is 1.28 bits per heavy atom. The second kappa shape index (κ2) is 8.35. The number of aromatic amines is 1. The molecule has 4 nitrogen and oxygen atoms in total. The van der Waals surface area contributed by atoms with Gasteiger partial charge in [-0.15, -0.1) is 0 Å². The SMILES string of the molecule is CCOc1ccccc1/C=C/C(=O)N1CC=C(c2c[nH]c3cc(F)ccc23)CC1. The van der Waals surface area contributed by atoms with Crippen molar-refractivity contribution in [2.75, 3.05) is 19.7 Å². The normalized spacial score (nSPS) is 14.4. The molecule has 0 unspecified atom stereocenters. The lowest BCUT2D eigenvalue weighted by atomic mass is 9.99. The molecular weight excluding hydrogens is 367 g/mol. The van der Waals surface area contributed by atoms with Crippen molar-refractivity contribution >= 4 is 28.5 Å². The van der Waals surface area contributed by atoms with E-state index < -0.39 is 0 Å². The van der Waals surface area contributed by atoms with E-state index in [-0.39, 0.29) is 11.7 Å². The first kappa shape index (κ1) is 19.0. The Balaban J connectivity index is 1.46. The average molecular weight is 390 g/mol. The number of carbonyl (C=O) groups excluding carboxylic acids is 1. The predicted octanol–water partition coefficient (Wildman–Crippen LogP) is 5.03. The number of para-hydroxylation sites is 1. The molecule has 2 aromatic carbocycles. The molecule has 0 saturated heterocycles. The summed E-state index contributed by atoms with van der Waals surface area (Å²) in [5.74, 6) is 0.501. The maximum absolute atomic E-state index is 13.4. The number of rotatable bonds is 5. The van der Waals surface area contributed by atoms with Gasteiger partial charge in [0.25, 0.3) is 0 Å². The molecule has 0 aliphatic carbocycles. The van der Waals surface area contributed by atoms with Crippen LogP contribution in [0.15, 0.2) is 60.8 Å². The first-order valence-corrected chi connectivity index (χ1v) is 9.80. The van der Waals surface area contributed by atoms with E-state index >= 15 is 0 Å². The van der Waals surface area contributed by atoms with Gasteiger partial charge in [0.05, 0.1) is 6.61 Å². The minimum Gasteiger partial charge on any atom is -0.493 e. The Bertz CT molecular complexity index is 1100. The van der Waals surface area contributed by atoms with Gasteiger partial charge < -0.3 is 14.6 Å². The van der Waals surface area contributed by atoms with Crippen LogP contribution >= 0.6 is 0 Å². The zero-order chi connectivity index (χ0) is 20.2. The van der Waals surface area contributed by atoms with E-state index in [1.807, 2.05) is 42.3 Å². The summed E-state index contributed by atoms with van der Waals surface area (Å²) in [7, 11) is 0. The molecule has 3 aromatic rings. The monoisotopic (exact) mass is 390 g/mol. The van der Waals surface area contributed by atoms with Gasteiger partial charge in [-0.25, -0.2) is 4.39 Å².